The van der Waals surface area contributed by atoms with Gasteiger partial charge in [0.15, 0.2) is 0 Å². The van der Waals surface area contributed by atoms with Gasteiger partial charge in [0.25, 0.3) is 0 Å². The minimum Gasteiger partial charge on any atom is -0.360 e. The first kappa shape index (κ1) is 10.5. The first-order valence-corrected chi connectivity index (χ1v) is 5.59. The summed E-state index contributed by atoms with van der Waals surface area (Å²) in [6.45, 7) is 0. The van der Waals surface area contributed by atoms with Crippen LogP contribution in [0.4, 0.5) is 5.69 Å². The molecule has 0 spiro atoms. The summed E-state index contributed by atoms with van der Waals surface area (Å²) in [6.07, 6.45) is 3.88. The Labute approximate surface area is 103 Å². The van der Waals surface area contributed by atoms with E-state index in [9.17, 15) is 0 Å². The van der Waals surface area contributed by atoms with Gasteiger partial charge in [-0.15, -0.1) is 10.2 Å². The van der Waals surface area contributed by atoms with E-state index < -0.39 is 0 Å². The van der Waals surface area contributed by atoms with Gasteiger partial charge in [-0.05, 0) is 41.3 Å². The number of rotatable bonds is 3. The molecule has 1 aliphatic rings. The molecule has 0 bridgehead atoms. The largest absolute Gasteiger partial charge is 0.360 e. The maximum atomic E-state index is 9.01. The van der Waals surface area contributed by atoms with Crippen LogP contribution < -0.4 is 5.32 Å². The van der Waals surface area contributed by atoms with Crippen molar-refractivity contribution in [3.63, 3.8) is 0 Å². The Balaban J connectivity index is 1.80. The van der Waals surface area contributed by atoms with Crippen LogP contribution in [0.2, 0.25) is 0 Å². The Hall–Kier alpha value is -2.68. The SMILES string of the molecule is N#CC(=CNc1ccc2c(c1)CC2)c1nn[nH]n1. The van der Waals surface area contributed by atoms with Crippen molar-refractivity contribution in [1.29, 1.82) is 5.26 Å². The predicted octanol–water partition coefficient (Wildman–Crippen LogP) is 1.27. The first-order chi connectivity index (χ1) is 8.86. The molecule has 2 aromatic rings. The monoisotopic (exact) mass is 238 g/mol. The number of benzene rings is 1. The molecule has 6 heteroatoms. The standard InChI is InChI=1S/C12H10N6/c13-6-10(12-15-17-18-16-12)7-14-11-4-3-8-1-2-9(8)5-11/h3-5,7,14H,1-2H2,(H,15,16,17,18). The molecule has 0 aliphatic heterocycles. The maximum absolute atomic E-state index is 9.01. The molecule has 1 aromatic heterocycles. The molecule has 6 nitrogen and oxygen atoms in total. The Bertz CT molecular complexity index is 635. The zero-order valence-electron chi connectivity index (χ0n) is 9.51. The lowest BCUT2D eigenvalue weighted by molar-refractivity contribution is 0.840. The van der Waals surface area contributed by atoms with Gasteiger partial charge in [-0.2, -0.15) is 10.5 Å². The van der Waals surface area contributed by atoms with Gasteiger partial charge in [-0.1, -0.05) is 6.07 Å². The van der Waals surface area contributed by atoms with E-state index in [1.807, 2.05) is 12.1 Å². The summed E-state index contributed by atoms with van der Waals surface area (Å²) in [5.41, 5.74) is 4.07. The Morgan fingerprint density at radius 1 is 1.39 bits per heavy atom. The van der Waals surface area contributed by atoms with E-state index >= 15 is 0 Å². The van der Waals surface area contributed by atoms with E-state index in [-0.39, 0.29) is 5.82 Å². The van der Waals surface area contributed by atoms with Crippen molar-refractivity contribution < 1.29 is 0 Å². The summed E-state index contributed by atoms with van der Waals surface area (Å²) >= 11 is 0. The summed E-state index contributed by atoms with van der Waals surface area (Å²) in [7, 11) is 0. The summed E-state index contributed by atoms with van der Waals surface area (Å²) < 4.78 is 0. The highest BCUT2D eigenvalue weighted by atomic mass is 15.5. The molecule has 0 amide bonds. The number of hydrogen-bond acceptors (Lipinski definition) is 5. The van der Waals surface area contributed by atoms with Crippen LogP contribution in [0.3, 0.4) is 0 Å². The molecule has 0 atom stereocenters. The molecule has 0 unspecified atom stereocenters. The van der Waals surface area contributed by atoms with Gasteiger partial charge < -0.3 is 5.32 Å². The van der Waals surface area contributed by atoms with Gasteiger partial charge in [0.1, 0.15) is 11.6 Å². The smallest absolute Gasteiger partial charge is 0.216 e. The second-order valence-corrected chi connectivity index (χ2v) is 4.03. The van der Waals surface area contributed by atoms with Gasteiger partial charge >= 0.3 is 0 Å². The highest BCUT2D eigenvalue weighted by Crippen LogP contribution is 2.25. The fourth-order valence-corrected chi connectivity index (χ4v) is 1.86. The Morgan fingerprint density at radius 3 is 2.89 bits per heavy atom. The number of nitrogens with zero attached hydrogens (tertiary/aromatic N) is 4. The highest BCUT2D eigenvalue weighted by Gasteiger charge is 2.12. The molecule has 3 rings (SSSR count). The Morgan fingerprint density at radius 2 is 2.28 bits per heavy atom. The number of aromatic amines is 1. The van der Waals surface area contributed by atoms with Crippen LogP contribution in [0.1, 0.15) is 17.0 Å². The molecular formula is C12H10N6. The topological polar surface area (TPSA) is 90.3 Å². The van der Waals surface area contributed by atoms with Crippen LogP contribution in [0.25, 0.3) is 5.57 Å². The van der Waals surface area contributed by atoms with Crippen molar-refractivity contribution in [2.75, 3.05) is 5.32 Å². The van der Waals surface area contributed by atoms with E-state index in [4.69, 9.17) is 5.26 Å². The van der Waals surface area contributed by atoms with Gasteiger partial charge in [0.2, 0.25) is 5.82 Å². The zero-order chi connectivity index (χ0) is 12.4. The van der Waals surface area contributed by atoms with E-state index in [0.717, 1.165) is 18.5 Å². The quantitative estimate of drug-likeness (QED) is 0.786. The average molecular weight is 238 g/mol. The molecule has 1 heterocycles. The number of nitriles is 1. The number of fused-ring (bicyclic) bond motifs is 1. The second kappa shape index (κ2) is 4.30. The van der Waals surface area contributed by atoms with Crippen LogP contribution in [-0.4, -0.2) is 20.6 Å². The fourth-order valence-electron chi connectivity index (χ4n) is 1.86. The molecule has 88 valence electrons. The van der Waals surface area contributed by atoms with Crippen LogP contribution in [0.5, 0.6) is 0 Å². The van der Waals surface area contributed by atoms with Crippen LogP contribution in [-0.2, 0) is 12.8 Å². The molecule has 2 N–H and O–H groups in total. The lowest BCUT2D eigenvalue weighted by Crippen LogP contribution is -2.08. The molecule has 1 aromatic carbocycles. The van der Waals surface area contributed by atoms with Gasteiger partial charge in [-0.3, -0.25) is 0 Å². The van der Waals surface area contributed by atoms with E-state index in [0.29, 0.717) is 5.57 Å². The number of aromatic nitrogens is 4. The van der Waals surface area contributed by atoms with Crippen molar-refractivity contribution in [2.45, 2.75) is 12.8 Å². The van der Waals surface area contributed by atoms with E-state index in [2.05, 4.69) is 38.1 Å². The molecule has 1 aliphatic carbocycles. The lowest BCUT2D eigenvalue weighted by atomic mass is 9.88. The van der Waals surface area contributed by atoms with Crippen molar-refractivity contribution in [1.82, 2.24) is 20.6 Å². The van der Waals surface area contributed by atoms with Crippen LogP contribution in [0.15, 0.2) is 24.4 Å². The summed E-state index contributed by atoms with van der Waals surface area (Å²) in [4.78, 5) is 0. The highest BCUT2D eigenvalue weighted by molar-refractivity contribution is 5.74. The molecule has 0 saturated heterocycles. The summed E-state index contributed by atoms with van der Waals surface area (Å²) in [5.74, 6) is 0.286. The van der Waals surface area contributed by atoms with E-state index in [1.54, 1.807) is 6.20 Å². The molecule has 18 heavy (non-hydrogen) atoms. The van der Waals surface area contributed by atoms with Gasteiger partial charge in [0, 0.05) is 11.9 Å². The van der Waals surface area contributed by atoms with Crippen molar-refractivity contribution in [3.8, 4) is 6.07 Å². The number of nitrogens with one attached hydrogen (secondary N) is 2. The number of anilines is 1. The summed E-state index contributed by atoms with van der Waals surface area (Å²) in [6, 6.07) is 8.23. The lowest BCUT2D eigenvalue weighted by Gasteiger charge is -2.19. The first-order valence-electron chi connectivity index (χ1n) is 5.59. The van der Waals surface area contributed by atoms with Gasteiger partial charge in [0.05, 0.1) is 0 Å². The minimum atomic E-state index is 0.286. The predicted molar refractivity (Wildman–Crippen MR) is 65.2 cm³/mol. The third-order valence-electron chi connectivity index (χ3n) is 2.96. The number of allylic oxidation sites excluding steroid dienone is 1. The van der Waals surface area contributed by atoms with Gasteiger partial charge in [-0.25, -0.2) is 0 Å². The van der Waals surface area contributed by atoms with Crippen molar-refractivity contribution in [3.05, 3.63) is 41.4 Å². The van der Waals surface area contributed by atoms with Crippen LogP contribution in [0, 0.1) is 11.3 Å². The van der Waals surface area contributed by atoms with Crippen LogP contribution >= 0.6 is 0 Å². The molecular weight excluding hydrogens is 228 g/mol. The number of hydrogen-bond donors (Lipinski definition) is 2. The van der Waals surface area contributed by atoms with Crippen molar-refractivity contribution >= 4 is 11.3 Å². The number of tetrazole rings is 1. The fraction of sp³-hybridized carbons (Fsp3) is 0.167. The second-order valence-electron chi connectivity index (χ2n) is 4.03. The summed E-state index contributed by atoms with van der Waals surface area (Å²) in [5, 5.41) is 25.4. The molecule has 0 radical (unpaired) electrons. The molecule has 0 saturated carbocycles. The maximum Gasteiger partial charge on any atom is 0.216 e. The number of aryl methyl sites for hydroxylation is 2. The van der Waals surface area contributed by atoms with Crippen molar-refractivity contribution in [2.24, 2.45) is 0 Å². The Kier molecular flexibility index (Phi) is 2.50. The zero-order valence-corrected chi connectivity index (χ0v) is 9.51. The number of H-pyrrole nitrogens is 1. The average Bonchev–Trinajstić information content (AvgIpc) is 2.87. The normalized spacial score (nSPS) is 13.4. The molecule has 0 fully saturated rings. The third-order valence-corrected chi connectivity index (χ3v) is 2.96. The minimum absolute atomic E-state index is 0.286. The third kappa shape index (κ3) is 1.82. The van der Waals surface area contributed by atoms with E-state index in [1.165, 1.54) is 11.1 Å².